The summed E-state index contributed by atoms with van der Waals surface area (Å²) < 4.78 is 5.47. The van der Waals surface area contributed by atoms with Gasteiger partial charge in [0, 0.05) is 18.0 Å². The molecule has 0 aromatic heterocycles. The third kappa shape index (κ3) is 4.50. The largest absolute Gasteiger partial charge is 0.491 e. The van der Waals surface area contributed by atoms with E-state index >= 15 is 0 Å². The van der Waals surface area contributed by atoms with Crippen LogP contribution >= 0.6 is 0 Å². The van der Waals surface area contributed by atoms with Crippen LogP contribution in [-0.4, -0.2) is 17.2 Å². The van der Waals surface area contributed by atoms with Crippen LogP contribution in [0, 0.1) is 0 Å². The van der Waals surface area contributed by atoms with Crippen LogP contribution in [0.4, 0.5) is 5.69 Å². The summed E-state index contributed by atoms with van der Waals surface area (Å²) in [7, 11) is 0. The van der Waals surface area contributed by atoms with Gasteiger partial charge in [-0.2, -0.15) is 0 Å². The molecule has 0 unspecified atom stereocenters. The molecular formula is C12H15NO3. The minimum absolute atomic E-state index is 0.144. The predicted molar refractivity (Wildman–Crippen MR) is 62.6 cm³/mol. The Hall–Kier alpha value is -1.97. The second-order valence-corrected chi connectivity index (χ2v) is 3.51. The van der Waals surface area contributed by atoms with Crippen LogP contribution in [0.25, 0.3) is 0 Å². The van der Waals surface area contributed by atoms with Gasteiger partial charge < -0.3 is 15.2 Å². The van der Waals surface area contributed by atoms with Crippen molar-refractivity contribution in [1.29, 1.82) is 0 Å². The average Bonchev–Trinajstić information content (AvgIpc) is 2.19. The number of carboxylic acids is 1. The molecule has 0 bridgehead atoms. The molecule has 4 nitrogen and oxygen atoms in total. The number of rotatable bonds is 5. The first-order valence-electron chi connectivity index (χ1n) is 5.00. The Morgan fingerprint density at radius 2 is 2.00 bits per heavy atom. The SMILES string of the molecule is CC(C)Oc1ccc(N/C=C/C(=O)O)cc1. The van der Waals surface area contributed by atoms with Gasteiger partial charge in [-0.15, -0.1) is 0 Å². The molecule has 0 aliphatic rings. The van der Waals surface area contributed by atoms with Gasteiger partial charge in [-0.3, -0.25) is 0 Å². The van der Waals surface area contributed by atoms with Crippen LogP contribution in [0.1, 0.15) is 13.8 Å². The lowest BCUT2D eigenvalue weighted by Crippen LogP contribution is -2.05. The number of ether oxygens (including phenoxy) is 1. The molecule has 0 radical (unpaired) electrons. The fraction of sp³-hybridized carbons (Fsp3) is 0.250. The Morgan fingerprint density at radius 3 is 2.50 bits per heavy atom. The third-order valence-corrected chi connectivity index (χ3v) is 1.70. The topological polar surface area (TPSA) is 58.6 Å². The third-order valence-electron chi connectivity index (χ3n) is 1.70. The van der Waals surface area contributed by atoms with E-state index in [4.69, 9.17) is 9.84 Å². The summed E-state index contributed by atoms with van der Waals surface area (Å²) in [5, 5.41) is 11.2. The summed E-state index contributed by atoms with van der Waals surface area (Å²) in [6.45, 7) is 3.92. The van der Waals surface area contributed by atoms with Crippen molar-refractivity contribution in [2.24, 2.45) is 0 Å². The second-order valence-electron chi connectivity index (χ2n) is 3.51. The Morgan fingerprint density at radius 1 is 1.38 bits per heavy atom. The van der Waals surface area contributed by atoms with Gasteiger partial charge in [0.05, 0.1) is 6.10 Å². The molecule has 0 saturated heterocycles. The number of nitrogens with one attached hydrogen (secondary N) is 1. The van der Waals surface area contributed by atoms with Gasteiger partial charge >= 0.3 is 5.97 Å². The van der Waals surface area contributed by atoms with Crippen LogP contribution in [-0.2, 0) is 4.79 Å². The summed E-state index contributed by atoms with van der Waals surface area (Å²) in [5.74, 6) is -0.185. The first-order valence-corrected chi connectivity index (χ1v) is 5.00. The zero-order chi connectivity index (χ0) is 12.0. The maximum absolute atomic E-state index is 10.2. The summed E-state index contributed by atoms with van der Waals surface area (Å²) in [6.07, 6.45) is 2.56. The lowest BCUT2D eigenvalue weighted by molar-refractivity contribution is -0.131. The van der Waals surface area contributed by atoms with Gasteiger partial charge in [-0.05, 0) is 38.1 Å². The highest BCUT2D eigenvalue weighted by atomic mass is 16.5. The van der Waals surface area contributed by atoms with E-state index in [2.05, 4.69) is 5.32 Å². The number of carboxylic acid groups (broad SMARTS) is 1. The molecule has 16 heavy (non-hydrogen) atoms. The van der Waals surface area contributed by atoms with Crippen molar-refractivity contribution >= 4 is 11.7 Å². The highest BCUT2D eigenvalue weighted by Crippen LogP contribution is 2.16. The summed E-state index contributed by atoms with van der Waals surface area (Å²) in [4.78, 5) is 10.2. The average molecular weight is 221 g/mol. The van der Waals surface area contributed by atoms with Gasteiger partial charge in [-0.25, -0.2) is 4.79 Å². The Balaban J connectivity index is 2.54. The van der Waals surface area contributed by atoms with Crippen LogP contribution in [0.15, 0.2) is 36.5 Å². The first-order chi connectivity index (χ1) is 7.58. The normalized spacial score (nSPS) is 10.7. The number of carbonyl (C=O) groups is 1. The fourth-order valence-corrected chi connectivity index (χ4v) is 1.11. The van der Waals surface area contributed by atoms with Crippen molar-refractivity contribution in [3.63, 3.8) is 0 Å². The number of hydrogen-bond acceptors (Lipinski definition) is 3. The molecule has 0 fully saturated rings. The molecule has 1 aromatic carbocycles. The molecule has 0 atom stereocenters. The molecule has 0 spiro atoms. The van der Waals surface area contributed by atoms with Crippen molar-refractivity contribution < 1.29 is 14.6 Å². The number of benzene rings is 1. The molecule has 2 N–H and O–H groups in total. The number of aliphatic carboxylic acids is 1. The minimum atomic E-state index is -0.979. The maximum Gasteiger partial charge on any atom is 0.329 e. The van der Waals surface area contributed by atoms with E-state index in [-0.39, 0.29) is 6.10 Å². The quantitative estimate of drug-likeness (QED) is 0.750. The van der Waals surface area contributed by atoms with Crippen LogP contribution in [0.2, 0.25) is 0 Å². The molecule has 1 rings (SSSR count). The van der Waals surface area contributed by atoms with Crippen LogP contribution < -0.4 is 10.1 Å². The van der Waals surface area contributed by atoms with E-state index < -0.39 is 5.97 Å². The second kappa shape index (κ2) is 5.80. The van der Waals surface area contributed by atoms with Gasteiger partial charge in [0.2, 0.25) is 0 Å². The Kier molecular flexibility index (Phi) is 4.39. The lowest BCUT2D eigenvalue weighted by atomic mass is 10.3. The van der Waals surface area contributed by atoms with Crippen LogP contribution in [0.5, 0.6) is 5.75 Å². The van der Waals surface area contributed by atoms with E-state index in [9.17, 15) is 4.79 Å². The van der Waals surface area contributed by atoms with Crippen molar-refractivity contribution in [2.45, 2.75) is 20.0 Å². The molecule has 86 valence electrons. The van der Waals surface area contributed by atoms with E-state index in [1.807, 2.05) is 38.1 Å². The van der Waals surface area contributed by atoms with Crippen molar-refractivity contribution in [1.82, 2.24) is 0 Å². The van der Waals surface area contributed by atoms with Gasteiger partial charge in [0.25, 0.3) is 0 Å². The molecule has 0 amide bonds. The predicted octanol–water partition coefficient (Wildman–Crippen LogP) is 2.48. The molecule has 1 aromatic rings. The van der Waals surface area contributed by atoms with Crippen molar-refractivity contribution in [2.75, 3.05) is 5.32 Å². The van der Waals surface area contributed by atoms with Crippen molar-refractivity contribution in [3.05, 3.63) is 36.5 Å². The summed E-state index contributed by atoms with van der Waals surface area (Å²) in [6, 6.07) is 7.31. The Labute approximate surface area is 94.6 Å². The van der Waals surface area contributed by atoms with Gasteiger partial charge in [-0.1, -0.05) is 0 Å². The summed E-state index contributed by atoms with van der Waals surface area (Å²) >= 11 is 0. The summed E-state index contributed by atoms with van der Waals surface area (Å²) in [5.41, 5.74) is 0.814. The number of anilines is 1. The van der Waals surface area contributed by atoms with E-state index in [1.165, 1.54) is 6.20 Å². The first kappa shape index (κ1) is 12.1. The van der Waals surface area contributed by atoms with Crippen molar-refractivity contribution in [3.8, 4) is 5.75 Å². The molecular weight excluding hydrogens is 206 g/mol. The molecule has 4 heteroatoms. The molecule has 0 heterocycles. The standard InChI is InChI=1S/C12H15NO3/c1-9(2)16-11-5-3-10(4-6-11)13-8-7-12(14)15/h3-9,13H,1-2H3,(H,14,15)/b8-7+. The lowest BCUT2D eigenvalue weighted by Gasteiger charge is -2.09. The molecule has 0 aliphatic carbocycles. The monoisotopic (exact) mass is 221 g/mol. The Bertz CT molecular complexity index is 368. The zero-order valence-corrected chi connectivity index (χ0v) is 9.31. The van der Waals surface area contributed by atoms with Gasteiger partial charge in [0.1, 0.15) is 5.75 Å². The smallest absolute Gasteiger partial charge is 0.329 e. The van der Waals surface area contributed by atoms with E-state index in [0.29, 0.717) is 0 Å². The highest BCUT2D eigenvalue weighted by molar-refractivity contribution is 5.80. The number of hydrogen-bond donors (Lipinski definition) is 2. The fourth-order valence-electron chi connectivity index (χ4n) is 1.11. The van der Waals surface area contributed by atoms with E-state index in [1.54, 1.807) is 0 Å². The molecule has 0 saturated carbocycles. The van der Waals surface area contributed by atoms with E-state index in [0.717, 1.165) is 17.5 Å². The zero-order valence-electron chi connectivity index (χ0n) is 9.31. The van der Waals surface area contributed by atoms with Crippen LogP contribution in [0.3, 0.4) is 0 Å². The maximum atomic E-state index is 10.2. The van der Waals surface area contributed by atoms with Gasteiger partial charge in [0.15, 0.2) is 0 Å². The minimum Gasteiger partial charge on any atom is -0.491 e. The highest BCUT2D eigenvalue weighted by Gasteiger charge is 1.96. The molecule has 0 aliphatic heterocycles.